The van der Waals surface area contributed by atoms with Crippen LogP contribution in [0, 0.1) is 0 Å². The van der Waals surface area contributed by atoms with Crippen LogP contribution in [0.4, 0.5) is 8.78 Å². The summed E-state index contributed by atoms with van der Waals surface area (Å²) < 4.78 is 23.3. The fourth-order valence-corrected chi connectivity index (χ4v) is 0.498. The molecule has 0 radical (unpaired) electrons. The zero-order valence-corrected chi connectivity index (χ0v) is 4.80. The molecule has 0 aliphatic carbocycles. The molecule has 0 heterocycles. The van der Waals surface area contributed by atoms with Gasteiger partial charge in [0, 0.05) is 12.3 Å². The van der Waals surface area contributed by atoms with Gasteiger partial charge < -0.3 is 0 Å². The molecule has 0 aromatic heterocycles. The fraction of sp³-hybridized carbons (Fsp3) is 1.00. The first-order valence-electron chi connectivity index (χ1n) is 2.00. The van der Waals surface area contributed by atoms with Crippen molar-refractivity contribution >= 4 is 11.6 Å². The summed E-state index contributed by atoms with van der Waals surface area (Å²) in [6.07, 6.45) is -0.228. The van der Waals surface area contributed by atoms with E-state index in [1.54, 1.807) is 0 Å². The Labute approximate surface area is 46.5 Å². The lowest BCUT2D eigenvalue weighted by Crippen LogP contribution is -2.09. The molecule has 0 rings (SSSR count). The second-order valence-electron chi connectivity index (χ2n) is 1.51. The van der Waals surface area contributed by atoms with E-state index in [1.165, 1.54) is 0 Å². The quantitative estimate of drug-likeness (QED) is 0.501. The maximum atomic E-state index is 11.6. The molecule has 0 atom stereocenters. The number of hydrogen-bond acceptors (Lipinski definition) is 0. The minimum absolute atomic E-state index is 0.0312. The molecule has 0 unspecified atom stereocenters. The normalized spacial score (nSPS) is 12.0. The van der Waals surface area contributed by atoms with E-state index in [1.807, 2.05) is 0 Å². The van der Waals surface area contributed by atoms with Crippen LogP contribution in [-0.2, 0) is 0 Å². The third-order valence-corrected chi connectivity index (χ3v) is 0.722. The third kappa shape index (κ3) is 6.15. The molecule has 0 amide bonds. The summed E-state index contributed by atoms with van der Waals surface area (Å²) in [5.41, 5.74) is 0. The van der Waals surface area contributed by atoms with Crippen LogP contribution in [0.1, 0.15) is 13.3 Å². The monoisotopic (exact) mass is 128 g/mol. The van der Waals surface area contributed by atoms with Crippen molar-refractivity contribution in [1.29, 1.82) is 0 Å². The first-order valence-corrected chi connectivity index (χ1v) is 2.53. The third-order valence-electron chi connectivity index (χ3n) is 0.533. The Bertz CT molecular complexity index is 48.1. The van der Waals surface area contributed by atoms with Crippen molar-refractivity contribution in [3.8, 4) is 0 Å². The van der Waals surface area contributed by atoms with Crippen LogP contribution in [0.15, 0.2) is 0 Å². The first-order chi connectivity index (χ1) is 3.06. The van der Waals surface area contributed by atoms with Crippen molar-refractivity contribution in [2.75, 3.05) is 5.88 Å². The molecule has 0 N–H and O–H groups in total. The molecule has 3 heteroatoms. The van der Waals surface area contributed by atoms with Crippen molar-refractivity contribution in [2.45, 2.75) is 19.3 Å². The Kier molecular flexibility index (Phi) is 2.51. The predicted molar refractivity (Wildman–Crippen MR) is 26.0 cm³/mol. The highest BCUT2D eigenvalue weighted by Gasteiger charge is 2.18. The average molecular weight is 129 g/mol. The number of rotatable bonds is 2. The summed E-state index contributed by atoms with van der Waals surface area (Å²) in [6, 6.07) is 0. The van der Waals surface area contributed by atoms with Crippen LogP contribution in [0.25, 0.3) is 0 Å². The first kappa shape index (κ1) is 7.15. The van der Waals surface area contributed by atoms with E-state index >= 15 is 0 Å². The SMILES string of the molecule is CC(F)(F)CCCl. The van der Waals surface area contributed by atoms with E-state index in [2.05, 4.69) is 0 Å². The molecule has 0 fully saturated rings. The lowest BCUT2D eigenvalue weighted by molar-refractivity contribution is 0.0191. The van der Waals surface area contributed by atoms with E-state index in [9.17, 15) is 8.78 Å². The molecule has 0 saturated heterocycles. The molecule has 0 aromatic carbocycles. The molecule has 0 saturated carbocycles. The lowest BCUT2D eigenvalue weighted by Gasteiger charge is -2.04. The van der Waals surface area contributed by atoms with E-state index < -0.39 is 5.92 Å². The van der Waals surface area contributed by atoms with Crippen LogP contribution in [0.3, 0.4) is 0 Å². The molecular weight excluding hydrogens is 121 g/mol. The smallest absolute Gasteiger partial charge is 0.207 e. The second kappa shape index (κ2) is 2.46. The molecule has 0 bridgehead atoms. The maximum Gasteiger partial charge on any atom is 0.246 e. The Morgan fingerprint density at radius 3 is 2.00 bits per heavy atom. The Hall–Kier alpha value is 0.150. The fourth-order valence-electron chi connectivity index (χ4n) is 0.166. The second-order valence-corrected chi connectivity index (χ2v) is 1.89. The van der Waals surface area contributed by atoms with Crippen LogP contribution < -0.4 is 0 Å². The predicted octanol–water partition coefficient (Wildman–Crippen LogP) is 2.27. The van der Waals surface area contributed by atoms with Gasteiger partial charge in [0.2, 0.25) is 5.92 Å². The standard InChI is InChI=1S/C4H7ClF2/c1-4(6,7)2-3-5/h2-3H2,1H3. The van der Waals surface area contributed by atoms with Gasteiger partial charge in [0.1, 0.15) is 0 Å². The molecule has 0 nitrogen and oxygen atoms in total. The zero-order chi connectivity index (χ0) is 5.91. The van der Waals surface area contributed by atoms with Crippen molar-refractivity contribution in [2.24, 2.45) is 0 Å². The van der Waals surface area contributed by atoms with Gasteiger partial charge in [-0.1, -0.05) is 0 Å². The summed E-state index contributed by atoms with van der Waals surface area (Å²) in [4.78, 5) is 0. The summed E-state index contributed by atoms with van der Waals surface area (Å²) >= 11 is 5.01. The molecular formula is C4H7ClF2. The zero-order valence-electron chi connectivity index (χ0n) is 4.05. The van der Waals surface area contributed by atoms with Crippen molar-refractivity contribution in [3.05, 3.63) is 0 Å². The van der Waals surface area contributed by atoms with Gasteiger partial charge in [0.25, 0.3) is 0 Å². The van der Waals surface area contributed by atoms with Gasteiger partial charge in [0.15, 0.2) is 0 Å². The molecule has 7 heavy (non-hydrogen) atoms. The number of halogens is 3. The van der Waals surface area contributed by atoms with Gasteiger partial charge in [-0.05, 0) is 6.92 Å². The van der Waals surface area contributed by atoms with Crippen molar-refractivity contribution in [1.82, 2.24) is 0 Å². The van der Waals surface area contributed by atoms with Crippen LogP contribution >= 0.6 is 11.6 Å². The van der Waals surface area contributed by atoms with E-state index in [0.717, 1.165) is 6.92 Å². The summed E-state index contributed by atoms with van der Waals surface area (Å²) in [5, 5.41) is 0. The summed E-state index contributed by atoms with van der Waals surface area (Å²) in [7, 11) is 0. The van der Waals surface area contributed by atoms with Gasteiger partial charge >= 0.3 is 0 Å². The maximum absolute atomic E-state index is 11.6. The molecule has 0 aliphatic rings. The highest BCUT2D eigenvalue weighted by Crippen LogP contribution is 2.16. The van der Waals surface area contributed by atoms with E-state index in [0.29, 0.717) is 0 Å². The summed E-state index contributed by atoms with van der Waals surface area (Å²) in [5.74, 6) is -2.55. The number of hydrogen-bond donors (Lipinski definition) is 0. The Morgan fingerprint density at radius 2 is 2.00 bits per heavy atom. The van der Waals surface area contributed by atoms with Crippen molar-refractivity contribution in [3.63, 3.8) is 0 Å². The average Bonchev–Trinajstić information content (AvgIpc) is 1.30. The molecule has 0 spiro atoms. The van der Waals surface area contributed by atoms with E-state index in [-0.39, 0.29) is 12.3 Å². The highest BCUT2D eigenvalue weighted by molar-refractivity contribution is 6.17. The largest absolute Gasteiger partial charge is 0.246 e. The highest BCUT2D eigenvalue weighted by atomic mass is 35.5. The summed E-state index contributed by atoms with van der Waals surface area (Å²) in [6.45, 7) is 0.857. The topological polar surface area (TPSA) is 0 Å². The van der Waals surface area contributed by atoms with Gasteiger partial charge in [-0.3, -0.25) is 0 Å². The molecule has 44 valence electrons. The van der Waals surface area contributed by atoms with Gasteiger partial charge in [-0.25, -0.2) is 8.78 Å². The van der Waals surface area contributed by atoms with Crippen LogP contribution in [0.2, 0.25) is 0 Å². The van der Waals surface area contributed by atoms with E-state index in [4.69, 9.17) is 11.6 Å². The Morgan fingerprint density at radius 1 is 1.57 bits per heavy atom. The lowest BCUT2D eigenvalue weighted by atomic mass is 10.3. The number of alkyl halides is 3. The van der Waals surface area contributed by atoms with Gasteiger partial charge in [0.05, 0.1) is 0 Å². The Balaban J connectivity index is 3.15. The molecule has 0 aliphatic heterocycles. The van der Waals surface area contributed by atoms with Crippen LogP contribution in [-0.4, -0.2) is 11.8 Å². The van der Waals surface area contributed by atoms with Crippen LogP contribution in [0.5, 0.6) is 0 Å². The van der Waals surface area contributed by atoms with Gasteiger partial charge in [-0.2, -0.15) is 0 Å². The molecule has 0 aromatic rings. The van der Waals surface area contributed by atoms with Gasteiger partial charge in [-0.15, -0.1) is 11.6 Å². The minimum atomic E-state index is -2.58. The van der Waals surface area contributed by atoms with Crippen molar-refractivity contribution < 1.29 is 8.78 Å². The minimum Gasteiger partial charge on any atom is -0.207 e.